The molecule has 0 aromatic carbocycles. The molecular formula is C2H7NO4S. The first-order chi connectivity index (χ1) is 3.56. The maximum Gasteiger partial charge on any atom is 0.278 e. The molecule has 0 saturated carbocycles. The number of aliphatic hydroxyl groups is 1. The highest BCUT2D eigenvalue weighted by Gasteiger charge is 1.99. The summed E-state index contributed by atoms with van der Waals surface area (Å²) in [6.07, 6.45) is 0. The molecule has 5 nitrogen and oxygen atoms in total. The summed E-state index contributed by atoms with van der Waals surface area (Å²) in [6.45, 7) is -0.459. The zero-order valence-electron chi connectivity index (χ0n) is 4.03. The summed E-state index contributed by atoms with van der Waals surface area (Å²) in [5.41, 5.74) is 0. The van der Waals surface area contributed by atoms with Crippen LogP contribution in [0.25, 0.3) is 0 Å². The summed E-state index contributed by atoms with van der Waals surface area (Å²) in [5.74, 6) is -0.608. The molecule has 0 unspecified atom stereocenters. The highest BCUT2D eigenvalue weighted by molar-refractivity contribution is 7.85. The molecule has 0 saturated heterocycles. The lowest BCUT2D eigenvalue weighted by Gasteiger charge is -1.93. The Morgan fingerprint density at radius 3 is 2.12 bits per heavy atom. The van der Waals surface area contributed by atoms with E-state index in [0.717, 1.165) is 0 Å². The van der Waals surface area contributed by atoms with Crippen LogP contribution >= 0.6 is 0 Å². The third-order valence-electron chi connectivity index (χ3n) is 0.396. The number of hydrogen-bond acceptors (Lipinski definition) is 4. The van der Waals surface area contributed by atoms with Gasteiger partial charge in [-0.1, -0.05) is 0 Å². The summed E-state index contributed by atoms with van der Waals surface area (Å²) in [7, 11) is -3.96. The maximum absolute atomic E-state index is 9.77. The van der Waals surface area contributed by atoms with Crippen LogP contribution in [0.4, 0.5) is 0 Å². The van der Waals surface area contributed by atoms with E-state index in [-0.39, 0.29) is 0 Å². The van der Waals surface area contributed by atoms with Crippen LogP contribution in [0.2, 0.25) is 0 Å². The molecule has 0 aliphatic rings. The maximum atomic E-state index is 9.77. The summed E-state index contributed by atoms with van der Waals surface area (Å²) in [6, 6.07) is 0. The Morgan fingerprint density at radius 2 is 2.00 bits per heavy atom. The Hall–Kier alpha value is -0.170. The van der Waals surface area contributed by atoms with Crippen molar-refractivity contribution in [3.05, 3.63) is 0 Å². The minimum absolute atomic E-state index is 0.459. The Kier molecular flexibility index (Phi) is 2.91. The van der Waals surface area contributed by atoms with Gasteiger partial charge in [0.2, 0.25) is 0 Å². The van der Waals surface area contributed by atoms with Crippen molar-refractivity contribution >= 4 is 10.1 Å². The van der Waals surface area contributed by atoms with Crippen molar-refractivity contribution in [1.29, 1.82) is 0 Å². The quantitative estimate of drug-likeness (QED) is 0.324. The molecular weight excluding hydrogens is 134 g/mol. The van der Waals surface area contributed by atoms with E-state index in [1.165, 1.54) is 0 Å². The van der Waals surface area contributed by atoms with Gasteiger partial charge >= 0.3 is 0 Å². The van der Waals surface area contributed by atoms with Crippen LogP contribution in [0.15, 0.2) is 0 Å². The van der Waals surface area contributed by atoms with Gasteiger partial charge in [0.15, 0.2) is 0 Å². The van der Waals surface area contributed by atoms with E-state index in [0.29, 0.717) is 0 Å². The molecule has 0 rings (SSSR count). The second-order valence-electron chi connectivity index (χ2n) is 1.13. The van der Waals surface area contributed by atoms with Crippen LogP contribution < -0.4 is 5.32 Å². The van der Waals surface area contributed by atoms with E-state index < -0.39 is 22.7 Å². The summed E-state index contributed by atoms with van der Waals surface area (Å²) >= 11 is 0. The van der Waals surface area contributed by atoms with Gasteiger partial charge in [0.25, 0.3) is 10.1 Å². The number of nitrogens with one attached hydrogen (secondary N) is 1. The lowest BCUT2D eigenvalue weighted by atomic mass is 11.2. The fourth-order valence-corrected chi connectivity index (χ4v) is 0.524. The average Bonchev–Trinajstić information content (AvgIpc) is 1.59. The van der Waals surface area contributed by atoms with E-state index in [9.17, 15) is 8.42 Å². The standard InChI is InChI=1S/C2H7NO4S/c4-1-3-2-8(5,6)7/h3-4H,1-2H2,(H,5,6,7). The monoisotopic (exact) mass is 141 g/mol. The molecule has 0 aromatic rings. The Bertz CT molecular complexity index is 138. The first-order valence-corrected chi connectivity index (χ1v) is 3.44. The molecule has 0 aliphatic carbocycles. The molecule has 8 heavy (non-hydrogen) atoms. The minimum Gasteiger partial charge on any atom is -0.381 e. The van der Waals surface area contributed by atoms with Crippen LogP contribution in [0.5, 0.6) is 0 Å². The van der Waals surface area contributed by atoms with Gasteiger partial charge in [-0.05, 0) is 0 Å². The van der Waals surface area contributed by atoms with Crippen molar-refractivity contribution in [1.82, 2.24) is 5.32 Å². The third kappa shape index (κ3) is 5.83. The molecule has 0 fully saturated rings. The first kappa shape index (κ1) is 7.83. The number of aliphatic hydroxyl groups excluding tert-OH is 1. The topological polar surface area (TPSA) is 86.6 Å². The fraction of sp³-hybridized carbons (Fsp3) is 1.00. The second kappa shape index (κ2) is 2.98. The van der Waals surface area contributed by atoms with Gasteiger partial charge in [-0.3, -0.25) is 9.87 Å². The van der Waals surface area contributed by atoms with Crippen molar-refractivity contribution in [3.63, 3.8) is 0 Å². The molecule has 0 heterocycles. The fourth-order valence-electron chi connectivity index (χ4n) is 0.175. The Labute approximate surface area is 47.1 Å². The van der Waals surface area contributed by atoms with Crippen LogP contribution in [-0.4, -0.2) is 30.7 Å². The smallest absolute Gasteiger partial charge is 0.278 e. The van der Waals surface area contributed by atoms with E-state index in [4.69, 9.17) is 9.66 Å². The molecule has 3 N–H and O–H groups in total. The van der Waals surface area contributed by atoms with Crippen LogP contribution in [-0.2, 0) is 10.1 Å². The third-order valence-corrected chi connectivity index (χ3v) is 0.965. The van der Waals surface area contributed by atoms with Gasteiger partial charge in [0.05, 0.1) is 6.73 Å². The van der Waals surface area contributed by atoms with E-state index in [2.05, 4.69) is 0 Å². The van der Waals surface area contributed by atoms with Gasteiger partial charge in [-0.25, -0.2) is 0 Å². The average molecular weight is 141 g/mol. The van der Waals surface area contributed by atoms with Gasteiger partial charge < -0.3 is 5.11 Å². The second-order valence-corrected chi connectivity index (χ2v) is 2.59. The molecule has 0 radical (unpaired) electrons. The number of hydrogen-bond donors (Lipinski definition) is 3. The molecule has 6 heteroatoms. The van der Waals surface area contributed by atoms with Crippen LogP contribution in [0.1, 0.15) is 0 Å². The molecule has 0 amide bonds. The predicted octanol–water partition coefficient (Wildman–Crippen LogP) is -1.63. The van der Waals surface area contributed by atoms with Gasteiger partial charge in [-0.15, -0.1) is 0 Å². The molecule has 50 valence electrons. The van der Waals surface area contributed by atoms with Crippen molar-refractivity contribution in [2.45, 2.75) is 0 Å². The van der Waals surface area contributed by atoms with Crippen molar-refractivity contribution < 1.29 is 18.1 Å². The molecule has 0 spiro atoms. The highest BCUT2D eigenvalue weighted by Crippen LogP contribution is 1.73. The zero-order valence-corrected chi connectivity index (χ0v) is 4.85. The minimum atomic E-state index is -3.96. The van der Waals surface area contributed by atoms with E-state index in [1.807, 2.05) is 5.32 Å². The molecule has 0 atom stereocenters. The van der Waals surface area contributed by atoms with E-state index in [1.54, 1.807) is 0 Å². The predicted molar refractivity (Wildman–Crippen MR) is 26.6 cm³/mol. The molecule has 0 aliphatic heterocycles. The van der Waals surface area contributed by atoms with Crippen molar-refractivity contribution in [2.24, 2.45) is 0 Å². The summed E-state index contributed by atoms with van der Waals surface area (Å²) in [5, 5.41) is 9.95. The summed E-state index contributed by atoms with van der Waals surface area (Å²) < 4.78 is 27.5. The van der Waals surface area contributed by atoms with Gasteiger partial charge in [-0.2, -0.15) is 8.42 Å². The first-order valence-electron chi connectivity index (χ1n) is 1.83. The summed E-state index contributed by atoms with van der Waals surface area (Å²) in [4.78, 5) is 0. The van der Waals surface area contributed by atoms with Crippen LogP contribution in [0.3, 0.4) is 0 Å². The SMILES string of the molecule is O=S(=O)(O)CNCO. The van der Waals surface area contributed by atoms with E-state index >= 15 is 0 Å². The lowest BCUT2D eigenvalue weighted by Crippen LogP contribution is -2.22. The lowest BCUT2D eigenvalue weighted by molar-refractivity contribution is 0.267. The Balaban J connectivity index is 3.42. The largest absolute Gasteiger partial charge is 0.381 e. The molecule has 0 aromatic heterocycles. The van der Waals surface area contributed by atoms with Gasteiger partial charge in [0, 0.05) is 0 Å². The van der Waals surface area contributed by atoms with Crippen LogP contribution in [0, 0.1) is 0 Å². The van der Waals surface area contributed by atoms with Crippen molar-refractivity contribution in [2.75, 3.05) is 12.6 Å². The normalized spacial score (nSPS) is 11.8. The number of rotatable bonds is 3. The Morgan fingerprint density at radius 1 is 1.50 bits per heavy atom. The zero-order chi connectivity index (χ0) is 6.62. The highest BCUT2D eigenvalue weighted by atomic mass is 32.2. The molecule has 0 bridgehead atoms. The van der Waals surface area contributed by atoms with Gasteiger partial charge in [0.1, 0.15) is 5.88 Å². The van der Waals surface area contributed by atoms with Crippen molar-refractivity contribution in [3.8, 4) is 0 Å².